The monoisotopic (exact) mass is 467 g/mol. The number of pyridine rings is 1. The first kappa shape index (κ1) is 25.9. The second kappa shape index (κ2) is 9.22. The van der Waals surface area contributed by atoms with Crippen molar-refractivity contribution in [1.82, 2.24) is 9.88 Å². The smallest absolute Gasteiger partial charge is 0.410 e. The number of nitro groups is 1. The van der Waals surface area contributed by atoms with E-state index in [0.717, 1.165) is 0 Å². The molecule has 0 bridgehead atoms. The third-order valence-corrected chi connectivity index (χ3v) is 10.5. The van der Waals surface area contributed by atoms with Crippen molar-refractivity contribution in [3.8, 4) is 0 Å². The topological polar surface area (TPSA) is 124 Å². The van der Waals surface area contributed by atoms with Gasteiger partial charge in [-0.1, -0.05) is 20.8 Å². The molecule has 11 heteroatoms. The molecule has 0 aromatic carbocycles. The Labute approximate surface area is 191 Å². The fourth-order valence-corrected chi connectivity index (χ4v) is 4.19. The van der Waals surface area contributed by atoms with Gasteiger partial charge >= 0.3 is 11.8 Å². The maximum atomic E-state index is 12.9. The van der Waals surface area contributed by atoms with Crippen LogP contribution in [0.15, 0.2) is 12.3 Å². The maximum absolute atomic E-state index is 12.9. The number of hydrogen-bond donors (Lipinski definition) is 1. The van der Waals surface area contributed by atoms with Crippen LogP contribution in [0, 0.1) is 10.1 Å². The second-order valence-corrected chi connectivity index (χ2v) is 15.5. The summed E-state index contributed by atoms with van der Waals surface area (Å²) < 4.78 is 12.0. The number of carbonyl (C=O) groups excluding carboxylic acids is 1. The number of amides is 1. The number of rotatable bonds is 5. The highest BCUT2D eigenvalue weighted by Gasteiger charge is 2.41. The van der Waals surface area contributed by atoms with E-state index in [0.29, 0.717) is 26.2 Å². The van der Waals surface area contributed by atoms with Crippen LogP contribution < -0.4 is 10.6 Å². The average molecular weight is 468 g/mol. The molecule has 10 nitrogen and oxygen atoms in total. The van der Waals surface area contributed by atoms with Crippen LogP contribution in [-0.4, -0.2) is 67.1 Å². The van der Waals surface area contributed by atoms with Crippen LogP contribution in [0.3, 0.4) is 0 Å². The predicted molar refractivity (Wildman–Crippen MR) is 127 cm³/mol. The molecule has 1 aromatic heterocycles. The summed E-state index contributed by atoms with van der Waals surface area (Å²) in [5.74, 6) is 0.205. The van der Waals surface area contributed by atoms with Crippen LogP contribution in [0.25, 0.3) is 0 Å². The zero-order valence-corrected chi connectivity index (χ0v) is 21.5. The minimum atomic E-state index is -2.08. The highest BCUT2D eigenvalue weighted by Crippen LogP contribution is 2.37. The van der Waals surface area contributed by atoms with Crippen LogP contribution in [-0.2, 0) is 9.16 Å². The molecule has 32 heavy (non-hydrogen) atoms. The number of carbonyl (C=O) groups is 1. The van der Waals surface area contributed by atoms with Crippen LogP contribution in [0.1, 0.15) is 41.5 Å². The molecular weight excluding hydrogens is 430 g/mol. The van der Waals surface area contributed by atoms with Crippen molar-refractivity contribution in [1.29, 1.82) is 0 Å². The summed E-state index contributed by atoms with van der Waals surface area (Å²) in [4.78, 5) is 31.7. The number of anilines is 2. The number of nitrogens with zero attached hydrogens (tertiary/aromatic N) is 4. The predicted octanol–water partition coefficient (Wildman–Crippen LogP) is 4.02. The van der Waals surface area contributed by atoms with Crippen LogP contribution in [0.4, 0.5) is 22.0 Å². The van der Waals surface area contributed by atoms with E-state index < -0.39 is 24.9 Å². The number of aromatic nitrogens is 1. The molecule has 1 atom stereocenters. The normalized spacial score (nSPS) is 17.9. The van der Waals surface area contributed by atoms with Gasteiger partial charge in [-0.25, -0.2) is 9.78 Å². The van der Waals surface area contributed by atoms with E-state index in [1.165, 1.54) is 12.3 Å². The number of ether oxygens (including phenoxy) is 1. The molecule has 1 aromatic rings. The molecule has 2 heterocycles. The van der Waals surface area contributed by atoms with Gasteiger partial charge in [0, 0.05) is 25.8 Å². The van der Waals surface area contributed by atoms with Crippen molar-refractivity contribution >= 4 is 31.6 Å². The van der Waals surface area contributed by atoms with Crippen LogP contribution >= 0.6 is 0 Å². The Morgan fingerprint density at radius 1 is 1.28 bits per heavy atom. The zero-order chi connectivity index (χ0) is 24.5. The summed E-state index contributed by atoms with van der Waals surface area (Å²) in [5.41, 5.74) is 5.07. The van der Waals surface area contributed by atoms with E-state index in [4.69, 9.17) is 14.9 Å². The lowest BCUT2D eigenvalue weighted by atomic mass is 10.1. The highest BCUT2D eigenvalue weighted by molar-refractivity contribution is 6.74. The first-order valence-corrected chi connectivity index (χ1v) is 13.7. The van der Waals surface area contributed by atoms with Gasteiger partial charge in [-0.3, -0.25) is 15.0 Å². The van der Waals surface area contributed by atoms with Crippen molar-refractivity contribution in [2.24, 2.45) is 0 Å². The number of piperazine rings is 1. The Balaban J connectivity index is 2.33. The van der Waals surface area contributed by atoms with Crippen LogP contribution in [0.2, 0.25) is 18.1 Å². The van der Waals surface area contributed by atoms with Crippen LogP contribution in [0.5, 0.6) is 0 Å². The minimum absolute atomic E-state index is 0.00628. The lowest BCUT2D eigenvalue weighted by Crippen LogP contribution is -2.59. The van der Waals surface area contributed by atoms with E-state index >= 15 is 0 Å². The van der Waals surface area contributed by atoms with E-state index in [2.05, 4.69) is 38.8 Å². The van der Waals surface area contributed by atoms with Gasteiger partial charge in [0.2, 0.25) is 5.82 Å². The minimum Gasteiger partial charge on any atom is -0.444 e. The van der Waals surface area contributed by atoms with Gasteiger partial charge in [-0.05, 0) is 45.0 Å². The van der Waals surface area contributed by atoms with Crippen molar-refractivity contribution in [2.45, 2.75) is 71.3 Å². The van der Waals surface area contributed by atoms with Crippen molar-refractivity contribution in [3.63, 3.8) is 0 Å². The summed E-state index contributed by atoms with van der Waals surface area (Å²) in [6.45, 7) is 17.5. The molecule has 1 aliphatic rings. The molecule has 1 saturated heterocycles. The van der Waals surface area contributed by atoms with Crippen molar-refractivity contribution < 1.29 is 18.9 Å². The molecule has 0 unspecified atom stereocenters. The average Bonchev–Trinajstić information content (AvgIpc) is 2.63. The molecule has 2 N–H and O–H groups in total. The molecule has 0 spiro atoms. The molecule has 180 valence electrons. The zero-order valence-electron chi connectivity index (χ0n) is 20.5. The van der Waals surface area contributed by atoms with Gasteiger partial charge in [-0.2, -0.15) is 0 Å². The Bertz CT molecular complexity index is 850. The summed E-state index contributed by atoms with van der Waals surface area (Å²) >= 11 is 0. The van der Waals surface area contributed by atoms with Gasteiger partial charge in [0.15, 0.2) is 8.32 Å². The molecule has 1 fully saturated rings. The standard InChI is InChI=1S/C21H37N5O5Si/c1-20(2,3)31-19(27)25-12-11-24(18-17(26(28)29)16(22)9-10-23-18)13-15(25)14-30-32(7,8)21(4,5)6/h9-10,15H,11-14H2,1-8H3,(H2,22,23)/t15-/m0/s1. The molecule has 0 aliphatic carbocycles. The molecule has 0 saturated carbocycles. The Morgan fingerprint density at radius 2 is 1.91 bits per heavy atom. The lowest BCUT2D eigenvalue weighted by Gasteiger charge is -2.44. The Kier molecular flexibility index (Phi) is 7.45. The van der Waals surface area contributed by atoms with Gasteiger partial charge < -0.3 is 19.8 Å². The summed E-state index contributed by atoms with van der Waals surface area (Å²) in [5, 5.41) is 11.6. The fourth-order valence-electron chi connectivity index (χ4n) is 3.15. The molecule has 1 aliphatic heterocycles. The van der Waals surface area contributed by atoms with Gasteiger partial charge in [0.05, 0.1) is 17.6 Å². The lowest BCUT2D eigenvalue weighted by molar-refractivity contribution is -0.383. The first-order valence-electron chi connectivity index (χ1n) is 10.8. The summed E-state index contributed by atoms with van der Waals surface area (Å²) in [6, 6.07) is 1.06. The quantitative estimate of drug-likeness (QED) is 0.391. The molecule has 0 radical (unpaired) electrons. The Morgan fingerprint density at radius 3 is 2.44 bits per heavy atom. The first-order chi connectivity index (χ1) is 14.5. The highest BCUT2D eigenvalue weighted by atomic mass is 28.4. The van der Waals surface area contributed by atoms with Crippen molar-refractivity contribution in [3.05, 3.63) is 22.4 Å². The SMILES string of the molecule is CC(C)(C)OC(=O)N1CCN(c2nccc(N)c2[N+](=O)[O-])C[C@H]1CO[Si](C)(C)C(C)(C)C. The molecule has 2 rings (SSSR count). The van der Waals surface area contributed by atoms with E-state index in [9.17, 15) is 14.9 Å². The number of nitrogen functional groups attached to an aromatic ring is 1. The number of nitrogens with two attached hydrogens (primary N) is 1. The van der Waals surface area contributed by atoms with E-state index in [1.54, 1.807) is 9.80 Å². The van der Waals surface area contributed by atoms with Gasteiger partial charge in [0.1, 0.15) is 11.3 Å². The molecular formula is C21H37N5O5Si. The number of hydrogen-bond acceptors (Lipinski definition) is 8. The maximum Gasteiger partial charge on any atom is 0.410 e. The van der Waals surface area contributed by atoms with Gasteiger partial charge in [-0.15, -0.1) is 0 Å². The van der Waals surface area contributed by atoms with E-state index in [1.807, 2.05) is 20.8 Å². The largest absolute Gasteiger partial charge is 0.444 e. The van der Waals surface area contributed by atoms with Gasteiger partial charge in [0.25, 0.3) is 0 Å². The second-order valence-electron chi connectivity index (χ2n) is 10.7. The summed E-state index contributed by atoms with van der Waals surface area (Å²) in [7, 11) is -2.08. The third-order valence-electron chi connectivity index (χ3n) is 5.97. The third kappa shape index (κ3) is 6.09. The van der Waals surface area contributed by atoms with E-state index in [-0.39, 0.29) is 28.3 Å². The molecule has 1 amide bonds. The Hall–Kier alpha value is -2.40. The fraction of sp³-hybridized carbons (Fsp3) is 0.714. The summed E-state index contributed by atoms with van der Waals surface area (Å²) in [6.07, 6.45) is 1.04. The van der Waals surface area contributed by atoms with Crippen molar-refractivity contribution in [2.75, 3.05) is 36.9 Å².